The lowest BCUT2D eigenvalue weighted by atomic mass is 10.3. The SMILES string of the molecule is CCCNCc1cn[nH]c1S(=O)(=O)NCC(C)OCC. The summed E-state index contributed by atoms with van der Waals surface area (Å²) in [5.74, 6) is 0. The van der Waals surface area contributed by atoms with Crippen molar-refractivity contribution in [2.24, 2.45) is 0 Å². The van der Waals surface area contributed by atoms with E-state index in [-0.39, 0.29) is 17.7 Å². The summed E-state index contributed by atoms with van der Waals surface area (Å²) in [4.78, 5) is 0. The van der Waals surface area contributed by atoms with E-state index >= 15 is 0 Å². The quantitative estimate of drug-likeness (QED) is 0.551. The molecule has 1 rings (SSSR count). The van der Waals surface area contributed by atoms with E-state index in [2.05, 4.69) is 27.2 Å². The molecule has 1 unspecified atom stereocenters. The molecule has 1 aromatic rings. The third-order valence-corrected chi connectivity index (χ3v) is 4.14. The summed E-state index contributed by atoms with van der Waals surface area (Å²) in [6.07, 6.45) is 2.35. The monoisotopic (exact) mass is 304 g/mol. The molecule has 0 saturated heterocycles. The normalized spacial score (nSPS) is 13.6. The van der Waals surface area contributed by atoms with Gasteiger partial charge in [-0.15, -0.1) is 0 Å². The Labute approximate surface area is 120 Å². The average molecular weight is 304 g/mol. The molecule has 116 valence electrons. The van der Waals surface area contributed by atoms with Crippen LogP contribution in [0.4, 0.5) is 0 Å². The van der Waals surface area contributed by atoms with Gasteiger partial charge in [0.2, 0.25) is 0 Å². The van der Waals surface area contributed by atoms with Gasteiger partial charge >= 0.3 is 0 Å². The molecule has 0 fully saturated rings. The second-order valence-corrected chi connectivity index (χ2v) is 6.22. The molecule has 7 nitrogen and oxygen atoms in total. The summed E-state index contributed by atoms with van der Waals surface area (Å²) < 4.78 is 32.2. The average Bonchev–Trinajstić information content (AvgIpc) is 2.87. The minimum absolute atomic E-state index is 0.116. The zero-order chi connectivity index (χ0) is 15.0. The van der Waals surface area contributed by atoms with Crippen molar-refractivity contribution in [1.29, 1.82) is 0 Å². The van der Waals surface area contributed by atoms with Crippen LogP contribution in [-0.2, 0) is 21.3 Å². The third kappa shape index (κ3) is 5.20. The molecule has 1 atom stereocenters. The van der Waals surface area contributed by atoms with E-state index in [0.29, 0.717) is 18.7 Å². The van der Waals surface area contributed by atoms with Crippen molar-refractivity contribution in [2.75, 3.05) is 19.7 Å². The number of hydrogen-bond donors (Lipinski definition) is 3. The van der Waals surface area contributed by atoms with Crippen LogP contribution in [-0.4, -0.2) is 44.4 Å². The van der Waals surface area contributed by atoms with Crippen molar-refractivity contribution in [3.63, 3.8) is 0 Å². The minimum atomic E-state index is -3.59. The van der Waals surface area contributed by atoms with Gasteiger partial charge in [-0.1, -0.05) is 6.92 Å². The van der Waals surface area contributed by atoms with Gasteiger partial charge in [0.25, 0.3) is 10.0 Å². The molecule has 0 bridgehead atoms. The maximum Gasteiger partial charge on any atom is 0.257 e. The molecule has 8 heteroatoms. The molecule has 1 heterocycles. The van der Waals surface area contributed by atoms with Gasteiger partial charge in [-0.3, -0.25) is 5.10 Å². The molecular formula is C12H24N4O3S. The Hall–Kier alpha value is -0.960. The molecule has 0 aromatic carbocycles. The van der Waals surface area contributed by atoms with E-state index in [1.165, 1.54) is 6.20 Å². The zero-order valence-corrected chi connectivity index (χ0v) is 13.1. The predicted octanol–water partition coefficient (Wildman–Crippen LogP) is 0.613. The molecular weight excluding hydrogens is 280 g/mol. The van der Waals surface area contributed by atoms with Gasteiger partial charge in [0.05, 0.1) is 12.3 Å². The van der Waals surface area contributed by atoms with Crippen molar-refractivity contribution >= 4 is 10.0 Å². The van der Waals surface area contributed by atoms with Gasteiger partial charge in [-0.25, -0.2) is 13.1 Å². The fourth-order valence-corrected chi connectivity index (χ4v) is 2.94. The van der Waals surface area contributed by atoms with E-state index in [1.807, 2.05) is 13.8 Å². The van der Waals surface area contributed by atoms with Gasteiger partial charge in [0, 0.05) is 25.3 Å². The number of H-pyrrole nitrogens is 1. The topological polar surface area (TPSA) is 96.1 Å². The summed E-state index contributed by atoms with van der Waals surface area (Å²) in [6, 6.07) is 0. The van der Waals surface area contributed by atoms with Crippen LogP contribution in [0.25, 0.3) is 0 Å². The Bertz CT molecular complexity index is 487. The first-order valence-corrected chi connectivity index (χ1v) is 8.33. The summed E-state index contributed by atoms with van der Waals surface area (Å²) in [5, 5.41) is 9.64. The molecule has 20 heavy (non-hydrogen) atoms. The summed E-state index contributed by atoms with van der Waals surface area (Å²) in [5.41, 5.74) is 0.634. The van der Waals surface area contributed by atoms with Crippen molar-refractivity contribution < 1.29 is 13.2 Å². The largest absolute Gasteiger partial charge is 0.377 e. The van der Waals surface area contributed by atoms with Crippen molar-refractivity contribution in [3.05, 3.63) is 11.8 Å². The number of aromatic amines is 1. The lowest BCUT2D eigenvalue weighted by Crippen LogP contribution is -2.33. The maximum absolute atomic E-state index is 12.2. The zero-order valence-electron chi connectivity index (χ0n) is 12.3. The fourth-order valence-electron chi connectivity index (χ4n) is 1.70. The summed E-state index contributed by atoms with van der Waals surface area (Å²) in [6.45, 7) is 7.84. The van der Waals surface area contributed by atoms with Gasteiger partial charge in [0.1, 0.15) is 0 Å². The van der Waals surface area contributed by atoms with Crippen LogP contribution < -0.4 is 10.0 Å². The van der Waals surface area contributed by atoms with Gasteiger partial charge in [0.15, 0.2) is 5.03 Å². The smallest absolute Gasteiger partial charge is 0.257 e. The maximum atomic E-state index is 12.2. The molecule has 0 saturated carbocycles. The predicted molar refractivity (Wildman–Crippen MR) is 76.9 cm³/mol. The highest BCUT2D eigenvalue weighted by atomic mass is 32.2. The highest BCUT2D eigenvalue weighted by Gasteiger charge is 2.21. The van der Waals surface area contributed by atoms with Crippen molar-refractivity contribution in [2.45, 2.75) is 44.9 Å². The second-order valence-electron chi connectivity index (χ2n) is 4.52. The Balaban J connectivity index is 2.65. The Kier molecular flexibility index (Phi) is 7.14. The lowest BCUT2D eigenvalue weighted by molar-refractivity contribution is 0.0799. The van der Waals surface area contributed by atoms with Gasteiger partial charge < -0.3 is 10.1 Å². The number of nitrogens with one attached hydrogen (secondary N) is 3. The van der Waals surface area contributed by atoms with Crippen molar-refractivity contribution in [1.82, 2.24) is 20.2 Å². The first kappa shape index (κ1) is 17.1. The summed E-state index contributed by atoms with van der Waals surface area (Å²) >= 11 is 0. The van der Waals surface area contributed by atoms with E-state index < -0.39 is 10.0 Å². The van der Waals surface area contributed by atoms with Crippen LogP contribution in [0, 0.1) is 0 Å². The number of rotatable bonds is 10. The molecule has 0 aliphatic rings. The molecule has 0 spiro atoms. The summed E-state index contributed by atoms with van der Waals surface area (Å²) in [7, 11) is -3.59. The van der Waals surface area contributed by atoms with Crippen LogP contribution in [0.3, 0.4) is 0 Å². The third-order valence-electron chi connectivity index (χ3n) is 2.70. The van der Waals surface area contributed by atoms with E-state index in [0.717, 1.165) is 13.0 Å². The number of sulfonamides is 1. The molecule has 0 aliphatic carbocycles. The van der Waals surface area contributed by atoms with E-state index in [9.17, 15) is 8.42 Å². The Morgan fingerprint density at radius 3 is 2.85 bits per heavy atom. The minimum Gasteiger partial charge on any atom is -0.377 e. The Morgan fingerprint density at radius 2 is 2.20 bits per heavy atom. The second kappa shape index (κ2) is 8.35. The number of hydrogen-bond acceptors (Lipinski definition) is 5. The van der Waals surface area contributed by atoms with E-state index in [4.69, 9.17) is 4.74 Å². The Morgan fingerprint density at radius 1 is 1.45 bits per heavy atom. The van der Waals surface area contributed by atoms with Crippen LogP contribution in [0.15, 0.2) is 11.2 Å². The van der Waals surface area contributed by atoms with Crippen LogP contribution >= 0.6 is 0 Å². The molecule has 3 N–H and O–H groups in total. The fraction of sp³-hybridized carbons (Fsp3) is 0.750. The van der Waals surface area contributed by atoms with Crippen LogP contribution in [0.5, 0.6) is 0 Å². The molecule has 1 aromatic heterocycles. The highest BCUT2D eigenvalue weighted by Crippen LogP contribution is 2.11. The van der Waals surface area contributed by atoms with Gasteiger partial charge in [-0.05, 0) is 26.8 Å². The molecule has 0 amide bonds. The van der Waals surface area contributed by atoms with Crippen molar-refractivity contribution in [3.8, 4) is 0 Å². The first-order valence-electron chi connectivity index (χ1n) is 6.85. The lowest BCUT2D eigenvalue weighted by Gasteiger charge is -2.13. The number of ether oxygens (including phenoxy) is 1. The van der Waals surface area contributed by atoms with E-state index in [1.54, 1.807) is 0 Å². The standard InChI is InChI=1S/C12H24N4O3S/c1-4-6-13-8-11-9-14-16-12(11)20(17,18)15-7-10(3)19-5-2/h9-10,13,15H,4-8H2,1-3H3,(H,14,16). The molecule has 0 radical (unpaired) electrons. The highest BCUT2D eigenvalue weighted by molar-refractivity contribution is 7.89. The molecule has 0 aliphatic heterocycles. The van der Waals surface area contributed by atoms with Crippen LogP contribution in [0.1, 0.15) is 32.8 Å². The first-order chi connectivity index (χ1) is 9.51. The number of aromatic nitrogens is 2. The number of nitrogens with zero attached hydrogens (tertiary/aromatic N) is 1. The van der Waals surface area contributed by atoms with Crippen LogP contribution in [0.2, 0.25) is 0 Å². The van der Waals surface area contributed by atoms with Gasteiger partial charge in [-0.2, -0.15) is 5.10 Å².